The molecule has 0 saturated heterocycles. The van der Waals surface area contributed by atoms with Gasteiger partial charge in [0.2, 0.25) is 10.4 Å². The number of hydrogen-bond acceptors (Lipinski definition) is 3. The Hall–Kier alpha value is -1.75. The number of primary amides is 1. The van der Waals surface area contributed by atoms with E-state index in [1.54, 1.807) is 24.0 Å². The zero-order chi connectivity index (χ0) is 9.97. The molecule has 0 spiro atoms. The Balaban J connectivity index is 2.58. The van der Waals surface area contributed by atoms with E-state index in [0.29, 0.717) is 5.69 Å². The van der Waals surface area contributed by atoms with Crippen molar-refractivity contribution in [2.75, 3.05) is 0 Å². The normalized spacial score (nSPS) is 11.3. The summed E-state index contributed by atoms with van der Waals surface area (Å²) in [4.78, 5) is 19.8. The van der Waals surface area contributed by atoms with Crippen molar-refractivity contribution in [3.8, 4) is 4.90 Å². The van der Waals surface area contributed by atoms with Crippen LogP contribution < -0.4 is 5.73 Å². The zero-order valence-corrected chi connectivity index (χ0v) is 8.07. The van der Waals surface area contributed by atoms with Crippen LogP contribution in [0.1, 0.15) is 10.5 Å². The van der Waals surface area contributed by atoms with Crippen LogP contribution in [0.15, 0.2) is 35.4 Å². The highest BCUT2D eigenvalue weighted by Gasteiger charge is 2.18. The molecule has 0 saturated carbocycles. The van der Waals surface area contributed by atoms with Crippen LogP contribution >= 0.6 is 10.5 Å². The lowest BCUT2D eigenvalue weighted by Crippen LogP contribution is -2.13. The number of hydrogen-bond donors (Lipinski definition) is 1. The van der Waals surface area contributed by atoms with E-state index in [9.17, 15) is 4.79 Å². The van der Waals surface area contributed by atoms with Gasteiger partial charge in [-0.05, 0) is 6.07 Å². The molecule has 0 radical (unpaired) electrons. The summed E-state index contributed by atoms with van der Waals surface area (Å²) in [6.07, 6.45) is 3.27. The zero-order valence-electron chi connectivity index (χ0n) is 7.25. The quantitative estimate of drug-likeness (QED) is 0.753. The van der Waals surface area contributed by atoms with Crippen LogP contribution in [-0.4, -0.2) is 15.9 Å². The minimum Gasteiger partial charge on any atom is -0.364 e. The smallest absolute Gasteiger partial charge is 0.272 e. The number of amides is 1. The molecule has 1 unspecified atom stereocenters. The Morgan fingerprint density at radius 2 is 2.29 bits per heavy atom. The average molecular weight is 206 g/mol. The van der Waals surface area contributed by atoms with E-state index in [1.165, 1.54) is 0 Å². The van der Waals surface area contributed by atoms with Crippen molar-refractivity contribution in [1.82, 2.24) is 9.97 Å². The molecule has 0 aliphatic rings. The van der Waals surface area contributed by atoms with E-state index < -0.39 is 5.91 Å². The van der Waals surface area contributed by atoms with E-state index in [2.05, 4.69) is 9.97 Å². The highest BCUT2D eigenvalue weighted by molar-refractivity contribution is 7.36. The SMILES string of the molecule is NC(=O)c1ncccc1-[s+]1ccnc1. The standard InChI is InChI=1S/C9H7N3OS/c10-9(13)8-7(2-1-3-12-8)14-5-4-11-6-14/h1-6H,(H-,10,13)/p+1. The number of rotatable bonds is 2. The van der Waals surface area contributed by atoms with Crippen molar-refractivity contribution in [3.63, 3.8) is 0 Å². The van der Waals surface area contributed by atoms with Crippen LogP contribution in [0.5, 0.6) is 0 Å². The minimum atomic E-state index is -0.498. The van der Waals surface area contributed by atoms with Crippen molar-refractivity contribution in [2.24, 2.45) is 5.73 Å². The fraction of sp³-hybridized carbons (Fsp3) is 0. The fourth-order valence-electron chi connectivity index (χ4n) is 1.13. The largest absolute Gasteiger partial charge is 0.364 e. The summed E-state index contributed by atoms with van der Waals surface area (Å²) in [7, 11) is -0.258. The Kier molecular flexibility index (Phi) is 2.24. The summed E-state index contributed by atoms with van der Waals surface area (Å²) in [6.45, 7) is 0. The molecule has 2 aromatic heterocycles. The van der Waals surface area contributed by atoms with Crippen LogP contribution in [0.2, 0.25) is 0 Å². The van der Waals surface area contributed by atoms with E-state index in [0.717, 1.165) is 4.90 Å². The van der Waals surface area contributed by atoms with Gasteiger partial charge < -0.3 is 5.73 Å². The molecule has 0 bridgehead atoms. The summed E-state index contributed by atoms with van der Waals surface area (Å²) in [5, 5.41) is 1.92. The molecule has 1 atom stereocenters. The van der Waals surface area contributed by atoms with Gasteiger partial charge in [-0.25, -0.2) is 9.97 Å². The van der Waals surface area contributed by atoms with Crippen molar-refractivity contribution >= 4 is 16.4 Å². The Morgan fingerprint density at radius 3 is 2.93 bits per heavy atom. The lowest BCUT2D eigenvalue weighted by Gasteiger charge is -1.94. The predicted molar refractivity (Wildman–Crippen MR) is 54.4 cm³/mol. The molecule has 0 aliphatic heterocycles. The molecule has 2 rings (SSSR count). The van der Waals surface area contributed by atoms with Crippen molar-refractivity contribution in [2.45, 2.75) is 0 Å². The minimum absolute atomic E-state index is 0.258. The highest BCUT2D eigenvalue weighted by atomic mass is 32.2. The van der Waals surface area contributed by atoms with E-state index in [-0.39, 0.29) is 10.5 Å². The lowest BCUT2D eigenvalue weighted by atomic mass is 10.3. The lowest BCUT2D eigenvalue weighted by molar-refractivity contribution is 0.0996. The van der Waals surface area contributed by atoms with Gasteiger partial charge in [0.1, 0.15) is 0 Å². The first-order valence-electron chi connectivity index (χ1n) is 3.96. The fourth-order valence-corrected chi connectivity index (χ4v) is 2.48. The van der Waals surface area contributed by atoms with Gasteiger partial charge >= 0.3 is 0 Å². The molecule has 4 nitrogen and oxygen atoms in total. The number of thiazole rings is 1. The van der Waals surface area contributed by atoms with Gasteiger partial charge in [-0.2, -0.15) is 0 Å². The van der Waals surface area contributed by atoms with Crippen molar-refractivity contribution in [3.05, 3.63) is 41.1 Å². The number of carbonyl (C=O) groups is 1. The van der Waals surface area contributed by atoms with Gasteiger partial charge in [0.05, 0.1) is 6.20 Å². The van der Waals surface area contributed by atoms with Gasteiger partial charge in [-0.1, -0.05) is 0 Å². The van der Waals surface area contributed by atoms with Gasteiger partial charge in [0, 0.05) is 22.7 Å². The molecule has 0 aliphatic carbocycles. The van der Waals surface area contributed by atoms with E-state index in [4.69, 9.17) is 5.73 Å². The van der Waals surface area contributed by atoms with Crippen LogP contribution in [0.25, 0.3) is 4.90 Å². The number of pyridine rings is 1. The summed E-state index contributed by atoms with van der Waals surface area (Å²) in [6, 6.07) is 3.63. The van der Waals surface area contributed by atoms with Crippen LogP contribution in [0, 0.1) is 0 Å². The molecular formula is C9H8N3OS+. The molecule has 2 aromatic rings. The average Bonchev–Trinajstić information content (AvgIpc) is 2.70. The predicted octanol–water partition coefficient (Wildman–Crippen LogP) is 1.31. The maximum Gasteiger partial charge on any atom is 0.272 e. The Morgan fingerprint density at radius 1 is 1.43 bits per heavy atom. The summed E-state index contributed by atoms with van der Waals surface area (Å²) < 4.78 is 0. The van der Waals surface area contributed by atoms with Crippen molar-refractivity contribution < 1.29 is 4.79 Å². The summed E-state index contributed by atoms with van der Waals surface area (Å²) in [5.74, 6) is -0.498. The third-order valence-electron chi connectivity index (χ3n) is 1.73. The summed E-state index contributed by atoms with van der Waals surface area (Å²) in [5.41, 5.74) is 7.33. The Labute approximate surface area is 83.4 Å². The first-order chi connectivity index (χ1) is 6.79. The van der Waals surface area contributed by atoms with E-state index >= 15 is 0 Å². The highest BCUT2D eigenvalue weighted by Crippen LogP contribution is 2.30. The molecular weight excluding hydrogens is 198 g/mol. The number of nitrogens with zero attached hydrogens (tertiary/aromatic N) is 2. The third-order valence-corrected chi connectivity index (χ3v) is 3.33. The molecule has 14 heavy (non-hydrogen) atoms. The van der Waals surface area contributed by atoms with E-state index in [1.807, 2.05) is 11.4 Å². The number of aromatic nitrogens is 2. The number of nitrogens with two attached hydrogens (primary N) is 1. The second kappa shape index (κ2) is 3.55. The number of carbonyl (C=O) groups excluding carboxylic acids is 1. The van der Waals surface area contributed by atoms with Gasteiger partial charge in [-0.3, -0.25) is 4.79 Å². The molecule has 70 valence electrons. The maximum absolute atomic E-state index is 11.1. The topological polar surface area (TPSA) is 68.9 Å². The molecule has 2 heterocycles. The second-order valence-corrected chi connectivity index (χ2v) is 4.29. The maximum atomic E-state index is 11.1. The molecule has 5 heteroatoms. The van der Waals surface area contributed by atoms with Crippen molar-refractivity contribution in [1.29, 1.82) is 0 Å². The molecule has 2 N–H and O–H groups in total. The monoisotopic (exact) mass is 206 g/mol. The second-order valence-electron chi connectivity index (χ2n) is 2.63. The van der Waals surface area contributed by atoms with Crippen LogP contribution in [0.3, 0.4) is 0 Å². The molecule has 0 aromatic carbocycles. The Bertz CT molecular complexity index is 453. The first-order valence-corrected chi connectivity index (χ1v) is 5.31. The van der Waals surface area contributed by atoms with Gasteiger partial charge in [0.25, 0.3) is 5.91 Å². The first kappa shape index (κ1) is 8.83. The molecule has 1 amide bonds. The van der Waals surface area contributed by atoms with Crippen LogP contribution in [0.4, 0.5) is 0 Å². The van der Waals surface area contributed by atoms with Gasteiger partial charge in [-0.15, -0.1) is 0 Å². The van der Waals surface area contributed by atoms with Gasteiger partial charge in [0.15, 0.2) is 11.1 Å². The third kappa shape index (κ3) is 1.49. The van der Waals surface area contributed by atoms with Crippen LogP contribution in [-0.2, 0) is 0 Å². The summed E-state index contributed by atoms with van der Waals surface area (Å²) >= 11 is 0. The molecule has 0 fully saturated rings.